The van der Waals surface area contributed by atoms with Crippen LogP contribution in [-0.4, -0.2) is 29.2 Å². The zero-order chi connectivity index (χ0) is 11.4. The lowest BCUT2D eigenvalue weighted by Gasteiger charge is -2.09. The van der Waals surface area contributed by atoms with Crippen LogP contribution < -0.4 is 5.32 Å². The van der Waals surface area contributed by atoms with Crippen molar-refractivity contribution in [3.8, 4) is 0 Å². The fourth-order valence-corrected chi connectivity index (χ4v) is 2.19. The quantitative estimate of drug-likeness (QED) is 0.812. The van der Waals surface area contributed by atoms with E-state index in [2.05, 4.69) is 15.3 Å². The third kappa shape index (κ3) is 2.68. The molecule has 86 valence electrons. The van der Waals surface area contributed by atoms with Crippen molar-refractivity contribution in [2.45, 2.75) is 20.0 Å². The lowest BCUT2D eigenvalue weighted by molar-refractivity contribution is 0.0870. The lowest BCUT2D eigenvalue weighted by Crippen LogP contribution is -2.13. The van der Waals surface area contributed by atoms with Gasteiger partial charge in [-0.2, -0.15) is 0 Å². The van der Waals surface area contributed by atoms with Gasteiger partial charge in [0.25, 0.3) is 0 Å². The fraction of sp³-hybridized carbons (Fsp3) is 0.455. The van der Waals surface area contributed by atoms with Crippen LogP contribution >= 0.6 is 11.3 Å². The second kappa shape index (κ2) is 5.23. The average molecular weight is 237 g/mol. The van der Waals surface area contributed by atoms with Gasteiger partial charge < -0.3 is 10.1 Å². The summed E-state index contributed by atoms with van der Waals surface area (Å²) in [5, 5.41) is 5.29. The molecule has 2 heterocycles. The number of hydrogen-bond acceptors (Lipinski definition) is 5. The molecule has 2 rings (SSSR count). The topological polar surface area (TPSA) is 47.0 Å². The molecule has 0 saturated heterocycles. The predicted molar refractivity (Wildman–Crippen MR) is 67.0 cm³/mol. The Kier molecular flexibility index (Phi) is 3.69. The van der Waals surface area contributed by atoms with Crippen molar-refractivity contribution in [1.29, 1.82) is 0 Å². The summed E-state index contributed by atoms with van der Waals surface area (Å²) < 4.78 is 6.56. The third-order valence-corrected chi connectivity index (χ3v) is 3.00. The first-order chi connectivity index (χ1) is 7.77. The molecule has 0 bridgehead atoms. The van der Waals surface area contributed by atoms with E-state index in [1.54, 1.807) is 17.7 Å². The van der Waals surface area contributed by atoms with Crippen LogP contribution in [0.15, 0.2) is 17.8 Å². The molecule has 0 amide bonds. The minimum Gasteiger partial charge on any atom is -0.377 e. The Balaban J connectivity index is 1.96. The van der Waals surface area contributed by atoms with Gasteiger partial charge in [-0.25, -0.2) is 9.97 Å². The Labute approximate surface area is 98.7 Å². The first-order valence-corrected chi connectivity index (χ1v) is 6.19. The molecule has 5 heteroatoms. The van der Waals surface area contributed by atoms with Gasteiger partial charge in [0.1, 0.15) is 12.1 Å². The molecule has 0 aliphatic rings. The van der Waals surface area contributed by atoms with Gasteiger partial charge in [-0.1, -0.05) is 0 Å². The van der Waals surface area contributed by atoms with Crippen LogP contribution in [0.5, 0.6) is 0 Å². The van der Waals surface area contributed by atoms with E-state index < -0.39 is 0 Å². The number of anilines is 1. The SMILES string of the molecule is CC(C)OCCNc1ncnc2ccsc12. The molecular formula is C11H15N3OS. The molecule has 0 unspecified atom stereocenters. The highest BCUT2D eigenvalue weighted by Crippen LogP contribution is 2.24. The Morgan fingerprint density at radius 1 is 1.44 bits per heavy atom. The minimum atomic E-state index is 0.272. The van der Waals surface area contributed by atoms with Crippen molar-refractivity contribution in [3.05, 3.63) is 17.8 Å². The summed E-state index contributed by atoms with van der Waals surface area (Å²) in [5.74, 6) is 0.896. The second-order valence-corrected chi connectivity index (χ2v) is 4.62. The van der Waals surface area contributed by atoms with Crippen LogP contribution in [0.25, 0.3) is 10.2 Å². The number of ether oxygens (including phenoxy) is 1. The van der Waals surface area contributed by atoms with E-state index >= 15 is 0 Å². The van der Waals surface area contributed by atoms with Crippen LogP contribution in [0.1, 0.15) is 13.8 Å². The maximum Gasteiger partial charge on any atom is 0.147 e. The monoisotopic (exact) mass is 237 g/mol. The number of nitrogens with one attached hydrogen (secondary N) is 1. The molecule has 0 fully saturated rings. The second-order valence-electron chi connectivity index (χ2n) is 3.70. The van der Waals surface area contributed by atoms with Crippen LogP contribution in [0.3, 0.4) is 0 Å². The Morgan fingerprint density at radius 3 is 3.12 bits per heavy atom. The van der Waals surface area contributed by atoms with E-state index in [0.29, 0.717) is 6.61 Å². The van der Waals surface area contributed by atoms with Gasteiger partial charge in [-0.05, 0) is 25.3 Å². The maximum absolute atomic E-state index is 5.45. The molecule has 16 heavy (non-hydrogen) atoms. The zero-order valence-corrected chi connectivity index (χ0v) is 10.3. The van der Waals surface area contributed by atoms with Crippen LogP contribution in [-0.2, 0) is 4.74 Å². The lowest BCUT2D eigenvalue weighted by atomic mass is 10.4. The van der Waals surface area contributed by atoms with Crippen molar-refractivity contribution in [3.63, 3.8) is 0 Å². The van der Waals surface area contributed by atoms with Crippen molar-refractivity contribution in [1.82, 2.24) is 9.97 Å². The van der Waals surface area contributed by atoms with Gasteiger partial charge in [0, 0.05) is 6.54 Å². The molecule has 0 aliphatic heterocycles. The summed E-state index contributed by atoms with van der Waals surface area (Å²) in [4.78, 5) is 8.41. The van der Waals surface area contributed by atoms with Crippen LogP contribution in [0.4, 0.5) is 5.82 Å². The predicted octanol–water partition coefficient (Wildman–Crippen LogP) is 2.53. The maximum atomic E-state index is 5.45. The van der Waals surface area contributed by atoms with Gasteiger partial charge >= 0.3 is 0 Å². The summed E-state index contributed by atoms with van der Waals surface area (Å²) >= 11 is 1.65. The van der Waals surface area contributed by atoms with Crippen molar-refractivity contribution in [2.75, 3.05) is 18.5 Å². The zero-order valence-electron chi connectivity index (χ0n) is 9.43. The molecule has 0 saturated carbocycles. The molecule has 0 atom stereocenters. The van der Waals surface area contributed by atoms with Crippen molar-refractivity contribution >= 4 is 27.4 Å². The average Bonchev–Trinajstić information content (AvgIpc) is 2.72. The van der Waals surface area contributed by atoms with Gasteiger partial charge in [0.15, 0.2) is 0 Å². The minimum absolute atomic E-state index is 0.272. The number of nitrogens with zero attached hydrogens (tertiary/aromatic N) is 2. The summed E-state index contributed by atoms with van der Waals surface area (Å²) in [6.45, 7) is 5.51. The molecule has 1 N–H and O–H groups in total. The van der Waals surface area contributed by atoms with E-state index in [9.17, 15) is 0 Å². The molecule has 4 nitrogen and oxygen atoms in total. The largest absolute Gasteiger partial charge is 0.377 e. The van der Waals surface area contributed by atoms with E-state index in [1.807, 2.05) is 25.3 Å². The summed E-state index contributed by atoms with van der Waals surface area (Å²) in [7, 11) is 0. The molecule has 0 aromatic carbocycles. The third-order valence-electron chi connectivity index (χ3n) is 2.09. The Bertz CT molecular complexity index is 455. The number of aromatic nitrogens is 2. The van der Waals surface area contributed by atoms with Crippen molar-refractivity contribution < 1.29 is 4.74 Å². The number of thiophene rings is 1. The summed E-state index contributed by atoms with van der Waals surface area (Å²) in [5.41, 5.74) is 0.993. The molecule has 2 aromatic heterocycles. The summed E-state index contributed by atoms with van der Waals surface area (Å²) in [6, 6.07) is 2.00. The standard InChI is InChI=1S/C11H15N3OS/c1-8(2)15-5-4-12-11-10-9(3-6-16-10)13-7-14-11/h3,6-8H,4-5H2,1-2H3,(H,12,13,14). The summed E-state index contributed by atoms with van der Waals surface area (Å²) in [6.07, 6.45) is 1.86. The Morgan fingerprint density at radius 2 is 2.31 bits per heavy atom. The van der Waals surface area contributed by atoms with Gasteiger partial charge in [0.05, 0.1) is 22.9 Å². The highest BCUT2D eigenvalue weighted by atomic mass is 32.1. The number of hydrogen-bond donors (Lipinski definition) is 1. The normalized spacial score (nSPS) is 11.2. The van der Waals surface area contributed by atoms with Crippen LogP contribution in [0, 0.1) is 0 Å². The fourth-order valence-electron chi connectivity index (χ4n) is 1.38. The molecule has 0 spiro atoms. The van der Waals surface area contributed by atoms with E-state index in [-0.39, 0.29) is 6.10 Å². The molecule has 0 radical (unpaired) electrons. The highest BCUT2D eigenvalue weighted by Gasteiger charge is 2.03. The van der Waals surface area contributed by atoms with Crippen molar-refractivity contribution in [2.24, 2.45) is 0 Å². The number of fused-ring (bicyclic) bond motifs is 1. The van der Waals surface area contributed by atoms with E-state index in [0.717, 1.165) is 22.6 Å². The highest BCUT2D eigenvalue weighted by molar-refractivity contribution is 7.17. The van der Waals surface area contributed by atoms with Gasteiger partial charge in [-0.3, -0.25) is 0 Å². The molecule has 2 aromatic rings. The molecule has 0 aliphatic carbocycles. The molecular weight excluding hydrogens is 222 g/mol. The van der Waals surface area contributed by atoms with Gasteiger partial charge in [-0.15, -0.1) is 11.3 Å². The van der Waals surface area contributed by atoms with Gasteiger partial charge in [0.2, 0.25) is 0 Å². The smallest absolute Gasteiger partial charge is 0.147 e. The van der Waals surface area contributed by atoms with E-state index in [1.165, 1.54) is 0 Å². The van der Waals surface area contributed by atoms with Crippen LogP contribution in [0.2, 0.25) is 0 Å². The number of rotatable bonds is 5. The first kappa shape index (κ1) is 11.3. The van der Waals surface area contributed by atoms with E-state index in [4.69, 9.17) is 4.74 Å². The Hall–Kier alpha value is -1.20. The first-order valence-electron chi connectivity index (χ1n) is 5.31.